The van der Waals surface area contributed by atoms with Crippen molar-refractivity contribution in [2.75, 3.05) is 0 Å². The van der Waals surface area contributed by atoms with Gasteiger partial charge in [0.2, 0.25) is 5.91 Å². The highest BCUT2D eigenvalue weighted by Crippen LogP contribution is 2.28. The summed E-state index contributed by atoms with van der Waals surface area (Å²) in [6, 6.07) is 14.5. The molecule has 6 heteroatoms. The molecular formula is C19H15FN2O2S. The van der Waals surface area contributed by atoms with Gasteiger partial charge in [0, 0.05) is 23.6 Å². The van der Waals surface area contributed by atoms with E-state index in [1.165, 1.54) is 12.1 Å². The van der Waals surface area contributed by atoms with Crippen LogP contribution in [0, 0.1) is 5.82 Å². The molecule has 2 aromatic carbocycles. The summed E-state index contributed by atoms with van der Waals surface area (Å²) in [5, 5.41) is 2.70. The van der Waals surface area contributed by atoms with Gasteiger partial charge in [-0.2, -0.15) is 0 Å². The molecule has 0 aliphatic carbocycles. The largest absolute Gasteiger partial charge is 0.343 e. The summed E-state index contributed by atoms with van der Waals surface area (Å²) in [5.41, 5.74) is 2.94. The molecule has 3 aromatic rings. The van der Waals surface area contributed by atoms with Crippen LogP contribution in [0.4, 0.5) is 9.18 Å². The fourth-order valence-electron chi connectivity index (χ4n) is 3.16. The Bertz CT molecular complexity index is 982. The first-order valence-electron chi connectivity index (χ1n) is 7.93. The number of carbonyl (C=O) groups excluding carboxylic acids is 2. The maximum atomic E-state index is 13.4. The lowest BCUT2D eigenvalue weighted by Gasteiger charge is -2.09. The molecule has 1 aromatic heterocycles. The Balaban J connectivity index is 1.64. The first-order chi connectivity index (χ1) is 12.1. The maximum Gasteiger partial charge on any atom is 0.286 e. The van der Waals surface area contributed by atoms with Crippen LogP contribution in [0.15, 0.2) is 54.7 Å². The molecule has 0 bridgehead atoms. The number of hydrogen-bond donors (Lipinski definition) is 1. The summed E-state index contributed by atoms with van der Waals surface area (Å²) in [7, 11) is 0. The van der Waals surface area contributed by atoms with E-state index in [4.69, 9.17) is 0 Å². The number of benzene rings is 2. The minimum atomic E-state index is -0.385. The van der Waals surface area contributed by atoms with E-state index >= 15 is 0 Å². The molecule has 0 saturated carbocycles. The quantitative estimate of drug-likeness (QED) is 0.777. The van der Waals surface area contributed by atoms with E-state index in [-0.39, 0.29) is 22.2 Å². The Kier molecular flexibility index (Phi) is 4.05. The van der Waals surface area contributed by atoms with Crippen LogP contribution in [0.5, 0.6) is 0 Å². The predicted molar refractivity (Wildman–Crippen MR) is 96.1 cm³/mol. The van der Waals surface area contributed by atoms with Crippen molar-refractivity contribution in [2.45, 2.75) is 18.2 Å². The lowest BCUT2D eigenvalue weighted by Crippen LogP contribution is -2.25. The number of amides is 2. The highest BCUT2D eigenvalue weighted by atomic mass is 32.2. The third kappa shape index (κ3) is 3.17. The van der Waals surface area contributed by atoms with Gasteiger partial charge in [-0.25, -0.2) is 4.39 Å². The smallest absolute Gasteiger partial charge is 0.286 e. The van der Waals surface area contributed by atoms with Crippen LogP contribution in [0.2, 0.25) is 0 Å². The number of aromatic nitrogens is 1. The minimum Gasteiger partial charge on any atom is -0.343 e. The fourth-order valence-corrected chi connectivity index (χ4v) is 4.01. The topological polar surface area (TPSA) is 51.1 Å². The van der Waals surface area contributed by atoms with Crippen molar-refractivity contribution in [3.63, 3.8) is 0 Å². The zero-order chi connectivity index (χ0) is 17.4. The highest BCUT2D eigenvalue weighted by molar-refractivity contribution is 8.15. The van der Waals surface area contributed by atoms with Gasteiger partial charge in [-0.3, -0.25) is 14.9 Å². The molecule has 1 atom stereocenters. The van der Waals surface area contributed by atoms with E-state index in [0.29, 0.717) is 13.0 Å². The summed E-state index contributed by atoms with van der Waals surface area (Å²) in [6.45, 7) is 0.571. The van der Waals surface area contributed by atoms with Crippen molar-refractivity contribution >= 4 is 33.8 Å². The number of imide groups is 1. The molecule has 1 saturated heterocycles. The van der Waals surface area contributed by atoms with Crippen LogP contribution >= 0.6 is 11.8 Å². The molecule has 4 rings (SSSR count). The Morgan fingerprint density at radius 1 is 1.12 bits per heavy atom. The standard InChI is InChI=1S/C19H15FN2O2S/c20-14-5-1-3-12(9-14)11-22-8-7-15-13(4-2-6-16(15)22)10-17-18(23)21-19(24)25-17/h1-9,17H,10-11H2,(H,21,23,24). The molecular weight excluding hydrogens is 339 g/mol. The van der Waals surface area contributed by atoms with E-state index < -0.39 is 0 Å². The van der Waals surface area contributed by atoms with Gasteiger partial charge < -0.3 is 4.57 Å². The third-order valence-electron chi connectivity index (χ3n) is 4.32. The molecule has 2 amide bonds. The fraction of sp³-hybridized carbons (Fsp3) is 0.158. The molecule has 1 aliphatic rings. The molecule has 1 fully saturated rings. The van der Waals surface area contributed by atoms with Crippen molar-refractivity contribution in [2.24, 2.45) is 0 Å². The lowest BCUT2D eigenvalue weighted by molar-refractivity contribution is -0.118. The molecule has 1 aliphatic heterocycles. The normalized spacial score (nSPS) is 17.2. The summed E-state index contributed by atoms with van der Waals surface area (Å²) < 4.78 is 15.4. The van der Waals surface area contributed by atoms with Crippen molar-refractivity contribution in [1.29, 1.82) is 0 Å². The van der Waals surface area contributed by atoms with Gasteiger partial charge in [0.05, 0.1) is 5.25 Å². The van der Waals surface area contributed by atoms with Crippen molar-refractivity contribution in [1.82, 2.24) is 9.88 Å². The van der Waals surface area contributed by atoms with Gasteiger partial charge in [0.15, 0.2) is 0 Å². The van der Waals surface area contributed by atoms with E-state index in [9.17, 15) is 14.0 Å². The maximum absolute atomic E-state index is 13.4. The molecule has 4 nitrogen and oxygen atoms in total. The zero-order valence-electron chi connectivity index (χ0n) is 13.2. The predicted octanol–water partition coefficient (Wildman–Crippen LogP) is 3.72. The third-order valence-corrected chi connectivity index (χ3v) is 5.30. The number of thioether (sulfide) groups is 1. The van der Waals surface area contributed by atoms with E-state index in [0.717, 1.165) is 33.8 Å². The van der Waals surface area contributed by atoms with Gasteiger partial charge >= 0.3 is 0 Å². The lowest BCUT2D eigenvalue weighted by atomic mass is 10.0. The van der Waals surface area contributed by atoms with E-state index in [2.05, 4.69) is 9.88 Å². The number of fused-ring (bicyclic) bond motifs is 1. The molecule has 1 N–H and O–H groups in total. The number of rotatable bonds is 4. The molecule has 126 valence electrons. The van der Waals surface area contributed by atoms with Crippen molar-refractivity contribution in [3.8, 4) is 0 Å². The Morgan fingerprint density at radius 3 is 2.72 bits per heavy atom. The Morgan fingerprint density at radius 2 is 1.96 bits per heavy atom. The average Bonchev–Trinajstić information content (AvgIpc) is 3.12. The summed E-state index contributed by atoms with van der Waals surface area (Å²) in [6.07, 6.45) is 2.47. The number of halogens is 1. The number of nitrogens with zero attached hydrogens (tertiary/aromatic N) is 1. The van der Waals surface area contributed by atoms with Crippen LogP contribution in [0.3, 0.4) is 0 Å². The monoisotopic (exact) mass is 354 g/mol. The average molecular weight is 354 g/mol. The minimum absolute atomic E-state index is 0.230. The molecule has 0 radical (unpaired) electrons. The second-order valence-electron chi connectivity index (χ2n) is 6.01. The second kappa shape index (κ2) is 6.37. The van der Waals surface area contributed by atoms with Crippen LogP contribution in [-0.2, 0) is 17.8 Å². The van der Waals surface area contributed by atoms with Crippen LogP contribution in [0.25, 0.3) is 10.9 Å². The van der Waals surface area contributed by atoms with Gasteiger partial charge in [-0.1, -0.05) is 36.0 Å². The SMILES string of the molecule is O=C1NC(=O)C(Cc2cccc3c2ccn3Cc2cccc(F)c2)S1. The van der Waals surface area contributed by atoms with Crippen LogP contribution < -0.4 is 5.32 Å². The molecule has 2 heterocycles. The number of hydrogen-bond acceptors (Lipinski definition) is 3. The van der Waals surface area contributed by atoms with Crippen molar-refractivity contribution < 1.29 is 14.0 Å². The van der Waals surface area contributed by atoms with Crippen molar-refractivity contribution in [3.05, 3.63) is 71.7 Å². The van der Waals surface area contributed by atoms with Gasteiger partial charge in [0.25, 0.3) is 5.24 Å². The van der Waals surface area contributed by atoms with Gasteiger partial charge in [0.1, 0.15) is 5.82 Å². The first kappa shape index (κ1) is 15.9. The van der Waals surface area contributed by atoms with Crippen LogP contribution in [-0.4, -0.2) is 21.0 Å². The molecule has 1 unspecified atom stereocenters. The second-order valence-corrected chi connectivity index (χ2v) is 7.19. The first-order valence-corrected chi connectivity index (χ1v) is 8.81. The number of carbonyl (C=O) groups is 2. The van der Waals surface area contributed by atoms with Crippen LogP contribution in [0.1, 0.15) is 11.1 Å². The van der Waals surface area contributed by atoms with E-state index in [1.54, 1.807) is 6.07 Å². The summed E-state index contributed by atoms with van der Waals surface area (Å²) >= 11 is 1.04. The Hall–Kier alpha value is -2.60. The molecule has 25 heavy (non-hydrogen) atoms. The zero-order valence-corrected chi connectivity index (χ0v) is 14.1. The van der Waals surface area contributed by atoms with Gasteiger partial charge in [-0.15, -0.1) is 0 Å². The molecule has 0 spiro atoms. The summed E-state index contributed by atoms with van der Waals surface area (Å²) in [4.78, 5) is 23.2. The number of nitrogens with one attached hydrogen (secondary N) is 1. The Labute approximate surface area is 148 Å². The van der Waals surface area contributed by atoms with Gasteiger partial charge in [-0.05, 0) is 41.8 Å². The highest BCUT2D eigenvalue weighted by Gasteiger charge is 2.31. The summed E-state index contributed by atoms with van der Waals surface area (Å²) in [5.74, 6) is -0.477. The van der Waals surface area contributed by atoms with E-state index in [1.807, 2.05) is 36.5 Å².